The van der Waals surface area contributed by atoms with E-state index >= 15 is 0 Å². The second-order valence-corrected chi connectivity index (χ2v) is 6.15. The molecule has 24 heavy (non-hydrogen) atoms. The normalized spacial score (nSPS) is 20.9. The number of carbonyl (C=O) groups is 1. The van der Waals surface area contributed by atoms with E-state index in [1.54, 1.807) is 12.1 Å². The van der Waals surface area contributed by atoms with Crippen LogP contribution < -0.4 is 5.73 Å². The highest BCUT2D eigenvalue weighted by atomic mass is 19.1. The third-order valence-corrected chi connectivity index (χ3v) is 4.65. The van der Waals surface area contributed by atoms with E-state index in [9.17, 15) is 9.18 Å². The predicted octanol–water partition coefficient (Wildman–Crippen LogP) is 1.78. The summed E-state index contributed by atoms with van der Waals surface area (Å²) in [6.45, 7) is 8.90. The van der Waals surface area contributed by atoms with Gasteiger partial charge in [0.25, 0.3) is 0 Å². The van der Waals surface area contributed by atoms with Crippen molar-refractivity contribution >= 4 is 5.91 Å². The molecule has 2 rings (SSSR count). The number of benzene rings is 1. The number of ether oxygens (including phenoxy) is 1. The molecule has 0 unspecified atom stereocenters. The van der Waals surface area contributed by atoms with E-state index in [-0.39, 0.29) is 11.7 Å². The molecule has 1 aliphatic heterocycles. The number of hydrogen-bond acceptors (Lipinski definition) is 4. The first kappa shape index (κ1) is 18.8. The van der Waals surface area contributed by atoms with Crippen molar-refractivity contribution in [3.8, 4) is 0 Å². The Morgan fingerprint density at radius 1 is 1.33 bits per heavy atom. The smallest absolute Gasteiger partial charge is 0.239 e. The minimum Gasteiger partial charge on any atom is -0.380 e. The van der Waals surface area contributed by atoms with Crippen LogP contribution in [0, 0.1) is 5.82 Å². The van der Waals surface area contributed by atoms with Gasteiger partial charge in [-0.3, -0.25) is 14.6 Å². The fourth-order valence-corrected chi connectivity index (χ4v) is 3.36. The maximum Gasteiger partial charge on any atom is 0.239 e. The average Bonchev–Trinajstić information content (AvgIpc) is 2.57. The molecular weight excluding hydrogens is 309 g/mol. The zero-order valence-electron chi connectivity index (χ0n) is 14.6. The number of piperazine rings is 1. The van der Waals surface area contributed by atoms with Crippen molar-refractivity contribution in [3.05, 3.63) is 35.6 Å². The largest absolute Gasteiger partial charge is 0.380 e. The van der Waals surface area contributed by atoms with Gasteiger partial charge in [0.15, 0.2) is 0 Å². The average molecular weight is 337 g/mol. The Morgan fingerprint density at radius 3 is 2.62 bits per heavy atom. The Bertz CT molecular complexity index is 524. The molecule has 1 aromatic rings. The second-order valence-electron chi connectivity index (χ2n) is 6.15. The summed E-state index contributed by atoms with van der Waals surface area (Å²) >= 11 is 0. The molecule has 1 saturated heterocycles. The minimum absolute atomic E-state index is 0.311. The molecule has 0 aliphatic carbocycles. The summed E-state index contributed by atoms with van der Waals surface area (Å²) in [4.78, 5) is 16.5. The molecule has 1 amide bonds. The maximum atomic E-state index is 13.2. The molecule has 0 saturated carbocycles. The van der Waals surface area contributed by atoms with Crippen LogP contribution in [0.25, 0.3) is 0 Å². The molecule has 1 aliphatic rings. The van der Waals surface area contributed by atoms with Crippen molar-refractivity contribution in [2.75, 3.05) is 39.4 Å². The summed E-state index contributed by atoms with van der Waals surface area (Å²) in [7, 11) is 0. The van der Waals surface area contributed by atoms with Gasteiger partial charge in [0.1, 0.15) is 11.9 Å². The quantitative estimate of drug-likeness (QED) is 0.735. The predicted molar refractivity (Wildman–Crippen MR) is 92.1 cm³/mol. The lowest BCUT2D eigenvalue weighted by atomic mass is 10.0. The topological polar surface area (TPSA) is 58.8 Å². The molecule has 0 aromatic heterocycles. The second kappa shape index (κ2) is 9.11. The highest BCUT2D eigenvalue weighted by Crippen LogP contribution is 2.25. The SMILES string of the molecule is CCOCCN1CCN([C@@H](C(N)=O)c2ccc(F)cc2)C[C@H]1CC. The number of carbonyl (C=O) groups excluding carboxylic acids is 1. The van der Waals surface area contributed by atoms with Gasteiger partial charge >= 0.3 is 0 Å². The summed E-state index contributed by atoms with van der Waals surface area (Å²) in [5, 5.41) is 0. The fraction of sp³-hybridized carbons (Fsp3) is 0.611. The van der Waals surface area contributed by atoms with E-state index in [1.807, 2.05) is 6.92 Å². The Kier molecular flexibility index (Phi) is 7.15. The van der Waals surface area contributed by atoms with Gasteiger partial charge in [-0.05, 0) is 31.0 Å². The summed E-state index contributed by atoms with van der Waals surface area (Å²) in [5.41, 5.74) is 6.40. The van der Waals surface area contributed by atoms with Gasteiger partial charge in [0, 0.05) is 38.8 Å². The molecule has 1 aromatic carbocycles. The highest BCUT2D eigenvalue weighted by molar-refractivity contribution is 5.81. The molecule has 0 spiro atoms. The first-order valence-electron chi connectivity index (χ1n) is 8.67. The molecule has 0 bridgehead atoms. The fourth-order valence-electron chi connectivity index (χ4n) is 3.36. The third kappa shape index (κ3) is 4.75. The van der Waals surface area contributed by atoms with Crippen LogP contribution in [0.5, 0.6) is 0 Å². The summed E-state index contributed by atoms with van der Waals surface area (Å²) in [6, 6.07) is 5.90. The number of hydrogen-bond donors (Lipinski definition) is 1. The first-order valence-corrected chi connectivity index (χ1v) is 8.67. The maximum absolute atomic E-state index is 13.2. The highest BCUT2D eigenvalue weighted by Gasteiger charge is 2.33. The third-order valence-electron chi connectivity index (χ3n) is 4.65. The van der Waals surface area contributed by atoms with Crippen LogP contribution in [-0.4, -0.2) is 61.1 Å². The molecule has 134 valence electrons. The number of primary amides is 1. The molecule has 1 heterocycles. The van der Waals surface area contributed by atoms with E-state index in [1.165, 1.54) is 12.1 Å². The van der Waals surface area contributed by atoms with Crippen LogP contribution in [0.3, 0.4) is 0 Å². The minimum atomic E-state index is -0.506. The molecule has 0 radical (unpaired) electrons. The monoisotopic (exact) mass is 337 g/mol. The van der Waals surface area contributed by atoms with Gasteiger partial charge < -0.3 is 10.5 Å². The van der Waals surface area contributed by atoms with Crippen LogP contribution >= 0.6 is 0 Å². The van der Waals surface area contributed by atoms with E-state index in [4.69, 9.17) is 10.5 Å². The van der Waals surface area contributed by atoms with Crippen LogP contribution in [0.4, 0.5) is 4.39 Å². The van der Waals surface area contributed by atoms with Crippen LogP contribution in [0.2, 0.25) is 0 Å². The standard InChI is InChI=1S/C18H28FN3O2/c1-3-16-13-22(10-9-21(16)11-12-24-4-2)17(18(20)23)14-5-7-15(19)8-6-14/h5-8,16-17H,3-4,9-13H2,1-2H3,(H2,20,23)/t16-,17-/m1/s1. The van der Waals surface area contributed by atoms with Crippen molar-refractivity contribution in [2.45, 2.75) is 32.4 Å². The lowest BCUT2D eigenvalue weighted by Crippen LogP contribution is -2.56. The van der Waals surface area contributed by atoms with Crippen molar-refractivity contribution in [2.24, 2.45) is 5.73 Å². The van der Waals surface area contributed by atoms with E-state index in [0.29, 0.717) is 6.04 Å². The van der Waals surface area contributed by atoms with Gasteiger partial charge in [-0.25, -0.2) is 4.39 Å². The van der Waals surface area contributed by atoms with Gasteiger partial charge in [0.05, 0.1) is 6.61 Å². The molecule has 5 nitrogen and oxygen atoms in total. The van der Waals surface area contributed by atoms with Crippen LogP contribution in [-0.2, 0) is 9.53 Å². The first-order chi connectivity index (χ1) is 11.6. The summed E-state index contributed by atoms with van der Waals surface area (Å²) in [5.74, 6) is -0.701. The Balaban J connectivity index is 2.07. The van der Waals surface area contributed by atoms with Crippen LogP contribution in [0.1, 0.15) is 31.9 Å². The Morgan fingerprint density at radius 2 is 2.04 bits per heavy atom. The van der Waals surface area contributed by atoms with E-state index < -0.39 is 6.04 Å². The molecular formula is C18H28FN3O2. The Labute approximate surface area is 143 Å². The zero-order chi connectivity index (χ0) is 17.5. The Hall–Kier alpha value is -1.50. The molecule has 1 fully saturated rings. The number of amides is 1. The molecule has 6 heteroatoms. The van der Waals surface area contributed by atoms with Crippen molar-refractivity contribution in [3.63, 3.8) is 0 Å². The zero-order valence-corrected chi connectivity index (χ0v) is 14.6. The van der Waals surface area contributed by atoms with E-state index in [0.717, 1.165) is 51.4 Å². The van der Waals surface area contributed by atoms with Crippen molar-refractivity contribution < 1.29 is 13.9 Å². The number of nitrogens with zero attached hydrogens (tertiary/aromatic N) is 2. The number of nitrogens with two attached hydrogens (primary N) is 1. The van der Waals surface area contributed by atoms with Crippen molar-refractivity contribution in [1.82, 2.24) is 9.80 Å². The van der Waals surface area contributed by atoms with Gasteiger partial charge in [-0.2, -0.15) is 0 Å². The van der Waals surface area contributed by atoms with Gasteiger partial charge in [-0.1, -0.05) is 19.1 Å². The van der Waals surface area contributed by atoms with E-state index in [2.05, 4.69) is 16.7 Å². The molecule has 2 atom stereocenters. The van der Waals surface area contributed by atoms with Gasteiger partial charge in [-0.15, -0.1) is 0 Å². The van der Waals surface area contributed by atoms with Gasteiger partial charge in [0.2, 0.25) is 5.91 Å². The number of rotatable bonds is 8. The summed E-state index contributed by atoms with van der Waals surface area (Å²) in [6.07, 6.45) is 0.998. The molecule has 2 N–H and O–H groups in total. The number of halogens is 1. The lowest BCUT2D eigenvalue weighted by molar-refractivity contribution is -0.125. The van der Waals surface area contributed by atoms with Crippen molar-refractivity contribution in [1.29, 1.82) is 0 Å². The van der Waals surface area contributed by atoms with Crippen LogP contribution in [0.15, 0.2) is 24.3 Å². The lowest BCUT2D eigenvalue weighted by Gasteiger charge is -2.43. The summed E-state index contributed by atoms with van der Waals surface area (Å²) < 4.78 is 18.6.